The third-order valence-corrected chi connectivity index (χ3v) is 3.37. The molecular formula is C14H13NO5. The zero-order valence-electron chi connectivity index (χ0n) is 10.7. The minimum atomic E-state index is -0.807. The van der Waals surface area contributed by atoms with E-state index in [9.17, 15) is 14.4 Å². The van der Waals surface area contributed by atoms with E-state index in [4.69, 9.17) is 9.47 Å². The molecule has 1 fully saturated rings. The van der Waals surface area contributed by atoms with Gasteiger partial charge in [0.05, 0.1) is 12.2 Å². The topological polar surface area (TPSA) is 81.7 Å². The maximum absolute atomic E-state index is 12.0. The smallest absolute Gasteiger partial charge is 0.347 e. The molecule has 2 aliphatic rings. The molecule has 0 aliphatic carbocycles. The summed E-state index contributed by atoms with van der Waals surface area (Å²) >= 11 is 0. The first-order chi connectivity index (χ1) is 9.63. The van der Waals surface area contributed by atoms with Gasteiger partial charge in [-0.2, -0.15) is 0 Å². The molecule has 0 saturated carbocycles. The lowest BCUT2D eigenvalue weighted by molar-refractivity contribution is -0.145. The highest BCUT2D eigenvalue weighted by molar-refractivity contribution is 5.96. The first-order valence-corrected chi connectivity index (χ1v) is 6.44. The van der Waals surface area contributed by atoms with Gasteiger partial charge in [0, 0.05) is 18.5 Å². The van der Waals surface area contributed by atoms with Gasteiger partial charge >= 0.3 is 11.9 Å². The van der Waals surface area contributed by atoms with Crippen molar-refractivity contribution in [1.82, 2.24) is 0 Å². The number of fused-ring (bicyclic) bond motifs is 1. The van der Waals surface area contributed by atoms with Crippen molar-refractivity contribution in [3.63, 3.8) is 0 Å². The van der Waals surface area contributed by atoms with Gasteiger partial charge in [-0.1, -0.05) is 0 Å². The Morgan fingerprint density at radius 2 is 2.15 bits per heavy atom. The van der Waals surface area contributed by atoms with Crippen molar-refractivity contribution >= 4 is 23.5 Å². The van der Waals surface area contributed by atoms with Gasteiger partial charge in [-0.05, 0) is 30.2 Å². The molecular weight excluding hydrogens is 262 g/mol. The van der Waals surface area contributed by atoms with Gasteiger partial charge in [-0.15, -0.1) is 0 Å². The van der Waals surface area contributed by atoms with Crippen LogP contribution < -0.4 is 5.32 Å². The van der Waals surface area contributed by atoms with E-state index in [0.717, 1.165) is 11.3 Å². The van der Waals surface area contributed by atoms with Crippen LogP contribution >= 0.6 is 0 Å². The van der Waals surface area contributed by atoms with Crippen molar-refractivity contribution in [1.29, 1.82) is 0 Å². The maximum Gasteiger partial charge on any atom is 0.347 e. The molecule has 6 nitrogen and oxygen atoms in total. The van der Waals surface area contributed by atoms with E-state index in [1.165, 1.54) is 0 Å². The fraction of sp³-hybridized carbons (Fsp3) is 0.357. The van der Waals surface area contributed by atoms with E-state index >= 15 is 0 Å². The van der Waals surface area contributed by atoms with Crippen LogP contribution in [0.5, 0.6) is 0 Å². The summed E-state index contributed by atoms with van der Waals surface area (Å²) in [7, 11) is 0. The molecule has 0 aromatic heterocycles. The van der Waals surface area contributed by atoms with Gasteiger partial charge in [0.1, 0.15) is 0 Å². The van der Waals surface area contributed by atoms with E-state index in [1.807, 2.05) is 0 Å². The van der Waals surface area contributed by atoms with Crippen LogP contribution in [-0.4, -0.2) is 30.6 Å². The van der Waals surface area contributed by atoms with Crippen LogP contribution in [0.15, 0.2) is 18.2 Å². The molecule has 1 amide bonds. The van der Waals surface area contributed by atoms with Crippen molar-refractivity contribution in [2.45, 2.75) is 25.4 Å². The van der Waals surface area contributed by atoms with Gasteiger partial charge in [0.25, 0.3) is 0 Å². The summed E-state index contributed by atoms with van der Waals surface area (Å²) in [6, 6.07) is 4.94. The number of nitrogens with one attached hydrogen (secondary N) is 1. The fourth-order valence-electron chi connectivity index (χ4n) is 2.29. The largest absolute Gasteiger partial charge is 0.463 e. The van der Waals surface area contributed by atoms with Crippen LogP contribution in [0, 0.1) is 0 Å². The predicted octanol–water partition coefficient (Wildman–Crippen LogP) is 1.04. The molecule has 3 rings (SSSR count). The molecule has 2 heterocycles. The van der Waals surface area contributed by atoms with Crippen LogP contribution in [0.25, 0.3) is 0 Å². The quantitative estimate of drug-likeness (QED) is 0.816. The van der Waals surface area contributed by atoms with E-state index in [-0.39, 0.29) is 12.5 Å². The lowest BCUT2D eigenvalue weighted by atomic mass is 10.0. The zero-order valence-corrected chi connectivity index (χ0v) is 10.7. The first kappa shape index (κ1) is 12.7. The van der Waals surface area contributed by atoms with Gasteiger partial charge in [-0.25, -0.2) is 9.59 Å². The molecule has 6 heteroatoms. The number of carbonyl (C=O) groups is 3. The minimum absolute atomic E-state index is 0.0264. The molecule has 0 radical (unpaired) electrons. The van der Waals surface area contributed by atoms with Crippen LogP contribution in [0.2, 0.25) is 0 Å². The molecule has 1 aromatic rings. The molecule has 1 saturated heterocycles. The average Bonchev–Trinajstić information content (AvgIpc) is 2.83. The van der Waals surface area contributed by atoms with Crippen molar-refractivity contribution in [3.05, 3.63) is 29.3 Å². The van der Waals surface area contributed by atoms with Gasteiger partial charge < -0.3 is 14.8 Å². The Labute approximate surface area is 115 Å². The molecule has 1 atom stereocenters. The second kappa shape index (κ2) is 4.96. The molecule has 20 heavy (non-hydrogen) atoms. The number of rotatable bonds is 2. The molecule has 2 aliphatic heterocycles. The van der Waals surface area contributed by atoms with Crippen LogP contribution in [-0.2, 0) is 25.5 Å². The van der Waals surface area contributed by atoms with E-state index in [1.54, 1.807) is 18.2 Å². The fourth-order valence-corrected chi connectivity index (χ4v) is 2.29. The number of amides is 1. The summed E-state index contributed by atoms with van der Waals surface area (Å²) in [4.78, 5) is 34.5. The summed E-state index contributed by atoms with van der Waals surface area (Å²) in [5.41, 5.74) is 1.99. The summed E-state index contributed by atoms with van der Waals surface area (Å²) < 4.78 is 9.86. The van der Waals surface area contributed by atoms with Gasteiger partial charge in [0.2, 0.25) is 12.0 Å². The number of anilines is 1. The van der Waals surface area contributed by atoms with Gasteiger partial charge in [0.15, 0.2) is 0 Å². The summed E-state index contributed by atoms with van der Waals surface area (Å²) in [6.45, 7) is 0.285. The van der Waals surface area contributed by atoms with Crippen molar-refractivity contribution in [2.24, 2.45) is 0 Å². The van der Waals surface area contributed by atoms with E-state index in [2.05, 4.69) is 5.32 Å². The second-order valence-electron chi connectivity index (χ2n) is 4.77. The lowest BCUT2D eigenvalue weighted by Crippen LogP contribution is -2.23. The molecule has 1 N–H and O–H groups in total. The summed E-state index contributed by atoms with van der Waals surface area (Å²) in [6.07, 6.45) is 0.581. The number of esters is 2. The second-order valence-corrected chi connectivity index (χ2v) is 4.77. The Hall–Kier alpha value is -2.37. The Morgan fingerprint density at radius 1 is 1.30 bits per heavy atom. The third kappa shape index (κ3) is 2.36. The van der Waals surface area contributed by atoms with Crippen molar-refractivity contribution < 1.29 is 23.9 Å². The maximum atomic E-state index is 12.0. The molecule has 104 valence electrons. The Balaban J connectivity index is 1.75. The summed E-state index contributed by atoms with van der Waals surface area (Å²) in [5.74, 6) is -1.07. The van der Waals surface area contributed by atoms with Gasteiger partial charge in [-0.3, -0.25) is 4.79 Å². The number of ether oxygens (including phenoxy) is 2. The Bertz CT molecular complexity index is 595. The molecule has 0 spiro atoms. The number of aryl methyl sites for hydroxylation is 1. The number of hydrogen-bond donors (Lipinski definition) is 1. The van der Waals surface area contributed by atoms with Crippen LogP contribution in [0.3, 0.4) is 0 Å². The van der Waals surface area contributed by atoms with E-state index < -0.39 is 18.0 Å². The highest BCUT2D eigenvalue weighted by atomic mass is 16.6. The minimum Gasteiger partial charge on any atom is -0.463 e. The number of benzene rings is 1. The van der Waals surface area contributed by atoms with Crippen molar-refractivity contribution in [2.75, 3.05) is 11.9 Å². The van der Waals surface area contributed by atoms with Crippen LogP contribution in [0.1, 0.15) is 28.8 Å². The monoisotopic (exact) mass is 275 g/mol. The average molecular weight is 275 g/mol. The normalized spacial score (nSPS) is 20.9. The number of hydrogen-bond acceptors (Lipinski definition) is 5. The first-order valence-electron chi connectivity index (χ1n) is 6.44. The summed E-state index contributed by atoms with van der Waals surface area (Å²) in [5, 5.41) is 2.74. The Kier molecular flexibility index (Phi) is 3.14. The van der Waals surface area contributed by atoms with Crippen LogP contribution in [0.4, 0.5) is 5.69 Å². The predicted molar refractivity (Wildman–Crippen MR) is 68.2 cm³/mol. The molecule has 0 unspecified atom stereocenters. The molecule has 1 aromatic carbocycles. The third-order valence-electron chi connectivity index (χ3n) is 3.37. The number of carbonyl (C=O) groups excluding carboxylic acids is 3. The Morgan fingerprint density at radius 3 is 2.90 bits per heavy atom. The SMILES string of the molecule is O=C1CCc2cc(C(=O)O[C@@H]3CCOC3=O)ccc2N1. The number of cyclic esters (lactones) is 1. The zero-order chi connectivity index (χ0) is 14.1. The lowest BCUT2D eigenvalue weighted by Gasteiger charge is -2.17. The standard InChI is InChI=1S/C14H13NO5/c16-12-4-2-8-7-9(1-3-10(8)15-12)13(17)20-11-5-6-19-14(11)18/h1,3,7,11H,2,4-6H2,(H,15,16)/t11-/m1/s1. The highest BCUT2D eigenvalue weighted by Gasteiger charge is 2.30. The molecule has 0 bridgehead atoms. The van der Waals surface area contributed by atoms with E-state index in [0.29, 0.717) is 24.8 Å². The van der Waals surface area contributed by atoms with Crippen molar-refractivity contribution in [3.8, 4) is 0 Å². The highest BCUT2D eigenvalue weighted by Crippen LogP contribution is 2.24.